The number of hydrogen-bond acceptors (Lipinski definition) is 3. The summed E-state index contributed by atoms with van der Waals surface area (Å²) in [5.41, 5.74) is 2.15. The Labute approximate surface area is 143 Å². The SMILES string of the molecule is CC(C)(C)CC(CO)NC(=O)NCCCn1cnc2ccccc21. The van der Waals surface area contributed by atoms with Crippen molar-refractivity contribution in [2.45, 2.75) is 46.2 Å². The lowest BCUT2D eigenvalue weighted by Crippen LogP contribution is -2.45. The van der Waals surface area contributed by atoms with Gasteiger partial charge in [-0.1, -0.05) is 32.9 Å². The highest BCUT2D eigenvalue weighted by Gasteiger charge is 2.19. The smallest absolute Gasteiger partial charge is 0.315 e. The van der Waals surface area contributed by atoms with Crippen molar-refractivity contribution in [1.82, 2.24) is 20.2 Å². The Balaban J connectivity index is 1.72. The minimum Gasteiger partial charge on any atom is -0.394 e. The molecule has 0 radical (unpaired) electrons. The third kappa shape index (κ3) is 5.53. The van der Waals surface area contributed by atoms with E-state index in [0.29, 0.717) is 6.54 Å². The van der Waals surface area contributed by atoms with E-state index in [1.54, 1.807) is 0 Å². The van der Waals surface area contributed by atoms with E-state index in [9.17, 15) is 9.90 Å². The van der Waals surface area contributed by atoms with Gasteiger partial charge in [-0.2, -0.15) is 0 Å². The van der Waals surface area contributed by atoms with Gasteiger partial charge in [-0.05, 0) is 30.4 Å². The van der Waals surface area contributed by atoms with Crippen LogP contribution in [-0.4, -0.2) is 39.9 Å². The lowest BCUT2D eigenvalue weighted by atomic mass is 9.88. The number of urea groups is 1. The zero-order valence-corrected chi connectivity index (χ0v) is 14.7. The predicted molar refractivity (Wildman–Crippen MR) is 95.8 cm³/mol. The molecule has 0 aliphatic carbocycles. The van der Waals surface area contributed by atoms with Crippen LogP contribution in [0.15, 0.2) is 30.6 Å². The molecular weight excluding hydrogens is 304 g/mol. The number of imidazole rings is 1. The monoisotopic (exact) mass is 332 g/mol. The molecule has 0 spiro atoms. The van der Waals surface area contributed by atoms with Crippen LogP contribution in [-0.2, 0) is 6.54 Å². The molecule has 1 aromatic carbocycles. The van der Waals surface area contributed by atoms with Gasteiger partial charge in [0.1, 0.15) is 0 Å². The van der Waals surface area contributed by atoms with Gasteiger partial charge in [0.05, 0.1) is 30.0 Å². The Morgan fingerprint density at radius 3 is 2.79 bits per heavy atom. The van der Waals surface area contributed by atoms with Crippen molar-refractivity contribution >= 4 is 17.1 Å². The lowest BCUT2D eigenvalue weighted by molar-refractivity contribution is 0.191. The molecule has 3 N–H and O–H groups in total. The second kappa shape index (κ2) is 8.15. The average Bonchev–Trinajstić information content (AvgIpc) is 2.93. The molecule has 2 amide bonds. The summed E-state index contributed by atoms with van der Waals surface area (Å²) in [5.74, 6) is 0. The molecule has 0 saturated heterocycles. The maximum absolute atomic E-state index is 11.9. The summed E-state index contributed by atoms with van der Waals surface area (Å²) in [6.07, 6.45) is 3.38. The van der Waals surface area contributed by atoms with Crippen LogP contribution in [0.2, 0.25) is 0 Å². The number of aliphatic hydroxyl groups is 1. The van der Waals surface area contributed by atoms with Crippen LogP contribution in [0.25, 0.3) is 11.0 Å². The number of amides is 2. The number of rotatable bonds is 7. The van der Waals surface area contributed by atoms with Gasteiger partial charge < -0.3 is 20.3 Å². The highest BCUT2D eigenvalue weighted by molar-refractivity contribution is 5.75. The molecule has 1 aromatic heterocycles. The summed E-state index contributed by atoms with van der Waals surface area (Å²) in [6.45, 7) is 7.59. The number of benzene rings is 1. The minimum absolute atomic E-state index is 0.0499. The first-order chi connectivity index (χ1) is 11.4. The minimum atomic E-state index is -0.228. The summed E-state index contributed by atoms with van der Waals surface area (Å²) in [4.78, 5) is 16.3. The van der Waals surface area contributed by atoms with Crippen LogP contribution < -0.4 is 10.6 Å². The first-order valence-corrected chi connectivity index (χ1v) is 8.44. The molecule has 0 aliphatic heterocycles. The fraction of sp³-hybridized carbons (Fsp3) is 0.556. The summed E-state index contributed by atoms with van der Waals surface area (Å²) >= 11 is 0. The van der Waals surface area contributed by atoms with Crippen LogP contribution in [0.3, 0.4) is 0 Å². The van der Waals surface area contributed by atoms with E-state index in [1.807, 2.05) is 30.6 Å². The zero-order chi connectivity index (χ0) is 17.6. The fourth-order valence-electron chi connectivity index (χ4n) is 2.78. The van der Waals surface area contributed by atoms with Crippen LogP contribution in [0, 0.1) is 5.41 Å². The third-order valence-electron chi connectivity index (χ3n) is 3.80. The van der Waals surface area contributed by atoms with Crippen LogP contribution in [0.5, 0.6) is 0 Å². The molecule has 24 heavy (non-hydrogen) atoms. The molecule has 1 unspecified atom stereocenters. The standard InChI is InChI=1S/C18H28N4O2/c1-18(2,3)11-14(12-23)21-17(24)19-9-6-10-22-13-20-15-7-4-5-8-16(15)22/h4-5,7-8,13-14,23H,6,9-12H2,1-3H3,(H2,19,21,24). The van der Waals surface area contributed by atoms with Gasteiger partial charge in [0, 0.05) is 13.1 Å². The normalized spacial score (nSPS) is 13.0. The highest BCUT2D eigenvalue weighted by atomic mass is 16.3. The highest BCUT2D eigenvalue weighted by Crippen LogP contribution is 2.20. The maximum Gasteiger partial charge on any atom is 0.315 e. The van der Waals surface area contributed by atoms with Gasteiger partial charge in [-0.15, -0.1) is 0 Å². The van der Waals surface area contributed by atoms with Gasteiger partial charge in [-0.3, -0.25) is 0 Å². The van der Waals surface area contributed by atoms with Crippen LogP contribution in [0.1, 0.15) is 33.6 Å². The van der Waals surface area contributed by atoms with Gasteiger partial charge in [0.25, 0.3) is 0 Å². The van der Waals surface area contributed by atoms with E-state index >= 15 is 0 Å². The molecule has 6 heteroatoms. The lowest BCUT2D eigenvalue weighted by Gasteiger charge is -2.25. The topological polar surface area (TPSA) is 79.2 Å². The molecule has 6 nitrogen and oxygen atoms in total. The maximum atomic E-state index is 11.9. The van der Waals surface area contributed by atoms with Crippen molar-refractivity contribution in [1.29, 1.82) is 0 Å². The molecule has 0 aliphatic rings. The van der Waals surface area contributed by atoms with E-state index in [0.717, 1.165) is 30.4 Å². The van der Waals surface area contributed by atoms with E-state index in [2.05, 4.69) is 41.0 Å². The summed E-state index contributed by atoms with van der Waals surface area (Å²) < 4.78 is 2.09. The number of nitrogens with zero attached hydrogens (tertiary/aromatic N) is 2. The van der Waals surface area contributed by atoms with E-state index < -0.39 is 0 Å². The molecule has 0 bridgehead atoms. The fourth-order valence-corrected chi connectivity index (χ4v) is 2.78. The third-order valence-corrected chi connectivity index (χ3v) is 3.80. The van der Waals surface area contributed by atoms with Crippen molar-refractivity contribution in [2.24, 2.45) is 5.41 Å². The predicted octanol–water partition coefficient (Wildman–Crippen LogP) is 2.52. The Hall–Kier alpha value is -2.08. The first-order valence-electron chi connectivity index (χ1n) is 8.44. The largest absolute Gasteiger partial charge is 0.394 e. The first kappa shape index (κ1) is 18.3. The Kier molecular flexibility index (Phi) is 6.20. The number of aliphatic hydroxyl groups excluding tert-OH is 1. The molecule has 132 valence electrons. The molecule has 1 heterocycles. The number of carbonyl (C=O) groups is 1. The molecule has 1 atom stereocenters. The second-order valence-corrected chi connectivity index (χ2v) is 7.32. The van der Waals surface area contributed by atoms with Gasteiger partial charge in [0.15, 0.2) is 0 Å². The number of aromatic nitrogens is 2. The van der Waals surface area contributed by atoms with Gasteiger partial charge in [-0.25, -0.2) is 9.78 Å². The molecule has 2 aromatic rings. The Bertz CT molecular complexity index is 660. The molecule has 0 fully saturated rings. The Morgan fingerprint density at radius 1 is 1.33 bits per heavy atom. The van der Waals surface area contributed by atoms with E-state index in [-0.39, 0.29) is 24.1 Å². The molecule has 0 saturated carbocycles. The number of nitrogens with one attached hydrogen (secondary N) is 2. The summed E-state index contributed by atoms with van der Waals surface area (Å²) in [6, 6.07) is 7.55. The van der Waals surface area contributed by atoms with E-state index in [4.69, 9.17) is 0 Å². The van der Waals surface area contributed by atoms with Crippen molar-refractivity contribution < 1.29 is 9.90 Å². The number of para-hydroxylation sites is 2. The number of fused-ring (bicyclic) bond motifs is 1. The molecular formula is C18H28N4O2. The molecule has 2 rings (SSSR count). The van der Waals surface area contributed by atoms with Crippen LogP contribution >= 0.6 is 0 Å². The van der Waals surface area contributed by atoms with Crippen molar-refractivity contribution in [3.63, 3.8) is 0 Å². The number of carbonyl (C=O) groups excluding carboxylic acids is 1. The van der Waals surface area contributed by atoms with Gasteiger partial charge >= 0.3 is 6.03 Å². The van der Waals surface area contributed by atoms with Crippen molar-refractivity contribution in [2.75, 3.05) is 13.2 Å². The van der Waals surface area contributed by atoms with Crippen LogP contribution in [0.4, 0.5) is 4.79 Å². The van der Waals surface area contributed by atoms with Gasteiger partial charge in [0.2, 0.25) is 0 Å². The number of aryl methyl sites for hydroxylation is 1. The number of hydrogen-bond donors (Lipinski definition) is 3. The summed E-state index contributed by atoms with van der Waals surface area (Å²) in [7, 11) is 0. The zero-order valence-electron chi connectivity index (χ0n) is 14.7. The van der Waals surface area contributed by atoms with E-state index in [1.165, 1.54) is 0 Å². The second-order valence-electron chi connectivity index (χ2n) is 7.32. The van der Waals surface area contributed by atoms with Crippen molar-refractivity contribution in [3.05, 3.63) is 30.6 Å². The quantitative estimate of drug-likeness (QED) is 0.682. The average molecular weight is 332 g/mol. The summed E-state index contributed by atoms with van der Waals surface area (Å²) in [5, 5.41) is 15.1. The van der Waals surface area contributed by atoms with Crippen molar-refractivity contribution in [3.8, 4) is 0 Å². The Morgan fingerprint density at radius 2 is 2.08 bits per heavy atom.